The van der Waals surface area contributed by atoms with Crippen LogP contribution in [-0.2, 0) is 6.54 Å². The first-order chi connectivity index (χ1) is 8.54. The van der Waals surface area contributed by atoms with Crippen LogP contribution < -0.4 is 0 Å². The number of fused-ring (bicyclic) bond motifs is 1. The van der Waals surface area contributed by atoms with Crippen molar-refractivity contribution in [2.45, 2.75) is 24.1 Å². The van der Waals surface area contributed by atoms with Gasteiger partial charge in [-0.3, -0.25) is 0 Å². The first-order valence-electron chi connectivity index (χ1n) is 5.67. The number of hydrogen-bond donors (Lipinski definition) is 1. The fourth-order valence-electron chi connectivity index (χ4n) is 2.19. The molecule has 1 N–H and O–H groups in total. The van der Waals surface area contributed by atoms with E-state index in [1.165, 1.54) is 6.07 Å². The molecule has 0 radical (unpaired) electrons. The van der Waals surface area contributed by atoms with Gasteiger partial charge in [0.05, 0.1) is 5.52 Å². The first-order valence-corrected chi connectivity index (χ1v) is 7.31. The summed E-state index contributed by atoms with van der Waals surface area (Å²) in [6, 6.07) is 2.21. The fourth-order valence-corrected chi connectivity index (χ4v) is 3.23. The van der Waals surface area contributed by atoms with E-state index in [1.54, 1.807) is 16.3 Å². The predicted octanol–water partition coefficient (Wildman–Crippen LogP) is 3.87. The van der Waals surface area contributed by atoms with Crippen LogP contribution in [0.2, 0.25) is 0 Å². The Balaban J connectivity index is 2.16. The van der Waals surface area contributed by atoms with Gasteiger partial charge in [-0.05, 0) is 37.4 Å². The molecule has 0 amide bonds. The van der Waals surface area contributed by atoms with Gasteiger partial charge in [0.2, 0.25) is 0 Å². The topological polar surface area (TPSA) is 20.7 Å². The lowest BCUT2D eigenvalue weighted by molar-refractivity contribution is 0.589. The Morgan fingerprint density at radius 1 is 1.44 bits per heavy atom. The van der Waals surface area contributed by atoms with Crippen LogP contribution in [-0.4, -0.2) is 20.6 Å². The molecule has 0 spiro atoms. The van der Waals surface area contributed by atoms with E-state index in [4.69, 9.17) is 12.2 Å². The standard InChI is InChI=1S/C12H12F2N2S2/c1-18-12(2-3-12)6-16-9-5-7(13)4-8(14)10(9)15-11(16)17/h4-5H,2-3,6H2,1H3,(H,15,17). The summed E-state index contributed by atoms with van der Waals surface area (Å²) in [5.41, 5.74) is 0.802. The molecule has 3 rings (SSSR count). The second-order valence-electron chi connectivity index (χ2n) is 4.69. The van der Waals surface area contributed by atoms with Crippen LogP contribution in [0.1, 0.15) is 12.8 Å². The maximum absolute atomic E-state index is 13.6. The van der Waals surface area contributed by atoms with Crippen molar-refractivity contribution in [3.8, 4) is 0 Å². The molecule has 2 nitrogen and oxygen atoms in total. The van der Waals surface area contributed by atoms with Crippen LogP contribution in [0.15, 0.2) is 12.1 Å². The third kappa shape index (κ3) is 1.87. The first kappa shape index (κ1) is 12.2. The third-order valence-corrected chi connectivity index (χ3v) is 5.21. The lowest BCUT2D eigenvalue weighted by atomic mass is 10.3. The number of aromatic nitrogens is 2. The minimum atomic E-state index is -0.594. The van der Waals surface area contributed by atoms with Gasteiger partial charge in [0.15, 0.2) is 10.6 Å². The van der Waals surface area contributed by atoms with E-state index < -0.39 is 11.6 Å². The van der Waals surface area contributed by atoms with Gasteiger partial charge in [0.25, 0.3) is 0 Å². The number of imidazole rings is 1. The van der Waals surface area contributed by atoms with Crippen LogP contribution in [0.3, 0.4) is 0 Å². The van der Waals surface area contributed by atoms with Gasteiger partial charge < -0.3 is 9.55 Å². The van der Waals surface area contributed by atoms with Crippen molar-refractivity contribution in [1.29, 1.82) is 0 Å². The molecule has 1 fully saturated rings. The Labute approximate surface area is 112 Å². The van der Waals surface area contributed by atoms with E-state index in [0.717, 1.165) is 18.9 Å². The quantitative estimate of drug-likeness (QED) is 0.865. The molecule has 18 heavy (non-hydrogen) atoms. The van der Waals surface area contributed by atoms with Crippen LogP contribution in [0.5, 0.6) is 0 Å². The Kier molecular flexibility index (Phi) is 2.75. The van der Waals surface area contributed by atoms with Gasteiger partial charge in [-0.25, -0.2) is 8.78 Å². The van der Waals surface area contributed by atoms with E-state index >= 15 is 0 Å². The number of thioether (sulfide) groups is 1. The van der Waals surface area contributed by atoms with E-state index in [1.807, 2.05) is 0 Å². The summed E-state index contributed by atoms with van der Waals surface area (Å²) in [6.07, 6.45) is 4.31. The molecule has 0 unspecified atom stereocenters. The summed E-state index contributed by atoms with van der Waals surface area (Å²) in [7, 11) is 0. The van der Waals surface area contributed by atoms with Crippen LogP contribution in [0.25, 0.3) is 11.0 Å². The van der Waals surface area contributed by atoms with Crippen molar-refractivity contribution in [2.24, 2.45) is 0 Å². The molecule has 1 aromatic heterocycles. The highest BCUT2D eigenvalue weighted by molar-refractivity contribution is 8.00. The van der Waals surface area contributed by atoms with E-state index in [2.05, 4.69) is 11.2 Å². The van der Waals surface area contributed by atoms with E-state index in [0.29, 0.717) is 22.3 Å². The molecule has 96 valence electrons. The van der Waals surface area contributed by atoms with Crippen molar-refractivity contribution in [3.05, 3.63) is 28.5 Å². The molecular weight excluding hydrogens is 274 g/mol. The highest BCUT2D eigenvalue weighted by Crippen LogP contribution is 2.48. The molecule has 0 saturated heterocycles. The maximum Gasteiger partial charge on any atom is 0.178 e. The molecule has 2 aromatic rings. The Bertz CT molecular complexity index is 671. The van der Waals surface area contributed by atoms with Crippen LogP contribution in [0, 0.1) is 16.4 Å². The molecular formula is C12H12F2N2S2. The summed E-state index contributed by atoms with van der Waals surface area (Å²) in [5.74, 6) is -1.17. The maximum atomic E-state index is 13.6. The van der Waals surface area contributed by atoms with Crippen molar-refractivity contribution >= 4 is 35.0 Å². The second kappa shape index (κ2) is 4.06. The normalized spacial score (nSPS) is 17.3. The number of aromatic amines is 1. The highest BCUT2D eigenvalue weighted by atomic mass is 32.2. The lowest BCUT2D eigenvalue weighted by Crippen LogP contribution is -2.13. The van der Waals surface area contributed by atoms with E-state index in [-0.39, 0.29) is 4.75 Å². The second-order valence-corrected chi connectivity index (χ2v) is 6.35. The number of halogens is 2. The monoisotopic (exact) mass is 286 g/mol. The molecule has 1 aliphatic carbocycles. The average molecular weight is 286 g/mol. The highest BCUT2D eigenvalue weighted by Gasteiger charge is 2.42. The predicted molar refractivity (Wildman–Crippen MR) is 72.5 cm³/mol. The zero-order chi connectivity index (χ0) is 12.9. The number of rotatable bonds is 3. The molecule has 6 heteroatoms. The number of nitrogens with one attached hydrogen (secondary N) is 1. The summed E-state index contributed by atoms with van der Waals surface area (Å²) >= 11 is 7.00. The molecule has 1 aromatic carbocycles. The fraction of sp³-hybridized carbons (Fsp3) is 0.417. The van der Waals surface area contributed by atoms with Crippen LogP contribution in [0.4, 0.5) is 8.78 Å². The van der Waals surface area contributed by atoms with Gasteiger partial charge in [-0.1, -0.05) is 0 Å². The summed E-state index contributed by atoms with van der Waals surface area (Å²) in [4.78, 5) is 2.82. The zero-order valence-electron chi connectivity index (χ0n) is 9.80. The van der Waals surface area contributed by atoms with Gasteiger partial charge in [-0.15, -0.1) is 0 Å². The van der Waals surface area contributed by atoms with Gasteiger partial charge in [-0.2, -0.15) is 11.8 Å². The molecule has 0 aliphatic heterocycles. The molecule has 0 bridgehead atoms. The molecule has 1 aliphatic rings. The zero-order valence-corrected chi connectivity index (χ0v) is 11.4. The molecule has 1 heterocycles. The number of nitrogens with zero attached hydrogens (tertiary/aromatic N) is 1. The summed E-state index contributed by atoms with van der Waals surface area (Å²) in [5, 5.41) is 0. The van der Waals surface area contributed by atoms with Gasteiger partial charge in [0, 0.05) is 17.4 Å². The Morgan fingerprint density at radius 3 is 2.78 bits per heavy atom. The van der Waals surface area contributed by atoms with E-state index in [9.17, 15) is 8.78 Å². The smallest absolute Gasteiger partial charge is 0.178 e. The largest absolute Gasteiger partial charge is 0.328 e. The lowest BCUT2D eigenvalue weighted by Gasteiger charge is -2.13. The minimum absolute atomic E-state index is 0.191. The Hall–Kier alpha value is -0.880. The minimum Gasteiger partial charge on any atom is -0.328 e. The number of H-pyrrole nitrogens is 1. The SMILES string of the molecule is CSC1(Cn2c(=S)[nH]c3c(F)cc(F)cc32)CC1. The molecule has 1 saturated carbocycles. The summed E-state index contributed by atoms with van der Waals surface area (Å²) in [6.45, 7) is 0.704. The number of hydrogen-bond acceptors (Lipinski definition) is 2. The number of benzene rings is 1. The van der Waals surface area contributed by atoms with Crippen molar-refractivity contribution in [2.75, 3.05) is 6.26 Å². The van der Waals surface area contributed by atoms with Crippen molar-refractivity contribution in [3.63, 3.8) is 0 Å². The average Bonchev–Trinajstić information content (AvgIpc) is 3.03. The molecule has 0 atom stereocenters. The van der Waals surface area contributed by atoms with Crippen molar-refractivity contribution in [1.82, 2.24) is 9.55 Å². The van der Waals surface area contributed by atoms with Gasteiger partial charge in [0.1, 0.15) is 11.3 Å². The van der Waals surface area contributed by atoms with Crippen molar-refractivity contribution < 1.29 is 8.78 Å². The third-order valence-electron chi connectivity index (χ3n) is 3.49. The Morgan fingerprint density at radius 2 is 2.17 bits per heavy atom. The van der Waals surface area contributed by atoms with Crippen LogP contribution >= 0.6 is 24.0 Å². The van der Waals surface area contributed by atoms with Gasteiger partial charge >= 0.3 is 0 Å². The summed E-state index contributed by atoms with van der Waals surface area (Å²) < 4.78 is 29.4.